The molecule has 1 saturated heterocycles. The van der Waals surface area contributed by atoms with Crippen molar-refractivity contribution in [3.63, 3.8) is 0 Å². The Morgan fingerprint density at radius 2 is 2.44 bits per heavy atom. The first-order valence-corrected chi connectivity index (χ1v) is 7.92. The number of rotatable bonds is 6. The fourth-order valence-electron chi connectivity index (χ4n) is 1.77. The number of thioether (sulfide) groups is 1. The van der Waals surface area contributed by atoms with Gasteiger partial charge in [-0.2, -0.15) is 0 Å². The minimum Gasteiger partial charge on any atom is -0.383 e. The lowest BCUT2D eigenvalue weighted by molar-refractivity contribution is -0.121. The Labute approximate surface area is 110 Å². The molecule has 16 heavy (non-hydrogen) atoms. The summed E-state index contributed by atoms with van der Waals surface area (Å²) in [5.41, 5.74) is 0. The van der Waals surface area contributed by atoms with Crippen molar-refractivity contribution in [3.05, 3.63) is 0 Å². The zero-order valence-electron chi connectivity index (χ0n) is 9.71. The number of hydrogen-bond acceptors (Lipinski definition) is 3. The van der Waals surface area contributed by atoms with Crippen molar-refractivity contribution < 1.29 is 9.53 Å². The van der Waals surface area contributed by atoms with Crippen molar-refractivity contribution in [1.29, 1.82) is 0 Å². The maximum atomic E-state index is 12.0. The Morgan fingerprint density at radius 3 is 3.00 bits per heavy atom. The first-order valence-electron chi connectivity index (χ1n) is 5.74. The fraction of sp³-hybridized carbons (Fsp3) is 0.909. The van der Waals surface area contributed by atoms with E-state index in [2.05, 4.69) is 21.2 Å². The SMILES string of the molecule is COCC(CCBr)NC(=O)C1CCCCS1. The number of amides is 1. The number of alkyl halides is 1. The zero-order valence-corrected chi connectivity index (χ0v) is 12.1. The molecule has 3 nitrogen and oxygen atoms in total. The quantitative estimate of drug-likeness (QED) is 0.764. The third-order valence-corrected chi connectivity index (χ3v) is 4.48. The molecule has 1 aliphatic heterocycles. The van der Waals surface area contributed by atoms with Crippen LogP contribution in [0.25, 0.3) is 0 Å². The van der Waals surface area contributed by atoms with E-state index < -0.39 is 0 Å². The molecule has 1 rings (SSSR count). The predicted molar refractivity (Wildman–Crippen MR) is 72.3 cm³/mol. The first-order chi connectivity index (χ1) is 7.77. The summed E-state index contributed by atoms with van der Waals surface area (Å²) in [6.45, 7) is 0.592. The van der Waals surface area contributed by atoms with Crippen LogP contribution in [0.15, 0.2) is 0 Å². The summed E-state index contributed by atoms with van der Waals surface area (Å²) in [6, 6.07) is 0.138. The smallest absolute Gasteiger partial charge is 0.233 e. The number of nitrogens with one attached hydrogen (secondary N) is 1. The number of carbonyl (C=O) groups excluding carboxylic acids is 1. The van der Waals surface area contributed by atoms with Gasteiger partial charge in [0.2, 0.25) is 5.91 Å². The summed E-state index contributed by atoms with van der Waals surface area (Å²) in [7, 11) is 1.67. The van der Waals surface area contributed by atoms with E-state index in [-0.39, 0.29) is 17.2 Å². The van der Waals surface area contributed by atoms with Crippen LogP contribution in [0.3, 0.4) is 0 Å². The number of halogens is 1. The van der Waals surface area contributed by atoms with Crippen molar-refractivity contribution in [2.24, 2.45) is 0 Å². The Morgan fingerprint density at radius 1 is 1.62 bits per heavy atom. The lowest BCUT2D eigenvalue weighted by Gasteiger charge is -2.24. The summed E-state index contributed by atoms with van der Waals surface area (Å²) in [4.78, 5) is 12.0. The Kier molecular flexibility index (Phi) is 7.49. The molecule has 2 unspecified atom stereocenters. The van der Waals surface area contributed by atoms with E-state index in [9.17, 15) is 4.79 Å². The largest absolute Gasteiger partial charge is 0.383 e. The van der Waals surface area contributed by atoms with Crippen LogP contribution in [0.1, 0.15) is 25.7 Å². The first kappa shape index (κ1) is 14.3. The minimum absolute atomic E-state index is 0.138. The van der Waals surface area contributed by atoms with Gasteiger partial charge in [0.25, 0.3) is 0 Å². The average Bonchev–Trinajstić information content (AvgIpc) is 2.31. The molecule has 0 spiro atoms. The van der Waals surface area contributed by atoms with E-state index in [1.54, 1.807) is 18.9 Å². The Balaban J connectivity index is 2.33. The maximum Gasteiger partial charge on any atom is 0.233 e. The van der Waals surface area contributed by atoms with Gasteiger partial charge < -0.3 is 10.1 Å². The number of carbonyl (C=O) groups is 1. The summed E-state index contributed by atoms with van der Waals surface area (Å²) in [6.07, 6.45) is 4.36. The molecule has 1 N–H and O–H groups in total. The Bertz CT molecular complexity index is 204. The second kappa shape index (κ2) is 8.37. The van der Waals surface area contributed by atoms with Gasteiger partial charge in [0, 0.05) is 12.4 Å². The third kappa shape index (κ3) is 5.06. The standard InChI is InChI=1S/C11H20BrNO2S/c1-15-8-9(5-6-12)13-11(14)10-4-2-3-7-16-10/h9-10H,2-8H2,1H3,(H,13,14). The summed E-state index contributed by atoms with van der Waals surface area (Å²) < 4.78 is 5.10. The van der Waals surface area contributed by atoms with Gasteiger partial charge in [0.1, 0.15) is 0 Å². The van der Waals surface area contributed by atoms with Gasteiger partial charge in [-0.25, -0.2) is 0 Å². The van der Waals surface area contributed by atoms with Gasteiger partial charge in [-0.3, -0.25) is 4.79 Å². The van der Waals surface area contributed by atoms with Crippen molar-refractivity contribution in [3.8, 4) is 0 Å². The highest BCUT2D eigenvalue weighted by atomic mass is 79.9. The molecule has 0 aromatic rings. The van der Waals surface area contributed by atoms with Gasteiger partial charge in [-0.1, -0.05) is 22.4 Å². The number of methoxy groups -OCH3 is 1. The molecule has 2 atom stereocenters. The van der Waals surface area contributed by atoms with E-state index in [1.807, 2.05) is 0 Å². The molecule has 1 fully saturated rings. The van der Waals surface area contributed by atoms with Crippen LogP contribution in [0.5, 0.6) is 0 Å². The Hall–Kier alpha value is 0.260. The molecule has 0 aliphatic carbocycles. The van der Waals surface area contributed by atoms with Crippen molar-refractivity contribution in [1.82, 2.24) is 5.32 Å². The maximum absolute atomic E-state index is 12.0. The molecule has 1 aliphatic rings. The second-order valence-corrected chi connectivity index (χ2v) is 6.10. The molecule has 1 heterocycles. The number of ether oxygens (including phenoxy) is 1. The fourth-order valence-corrected chi connectivity index (χ4v) is 3.53. The van der Waals surface area contributed by atoms with Crippen molar-refractivity contribution in [2.45, 2.75) is 37.0 Å². The zero-order chi connectivity index (χ0) is 11.8. The van der Waals surface area contributed by atoms with Crippen molar-refractivity contribution in [2.75, 3.05) is 24.8 Å². The number of hydrogen-bond donors (Lipinski definition) is 1. The van der Waals surface area contributed by atoms with Crippen LogP contribution in [-0.4, -0.2) is 42.0 Å². The molecule has 0 aromatic carbocycles. The van der Waals surface area contributed by atoms with E-state index in [4.69, 9.17) is 4.74 Å². The molecular formula is C11H20BrNO2S. The molecule has 1 amide bonds. The van der Waals surface area contributed by atoms with Gasteiger partial charge in [-0.15, -0.1) is 11.8 Å². The molecule has 0 aromatic heterocycles. The molecule has 0 saturated carbocycles. The van der Waals surface area contributed by atoms with Crippen molar-refractivity contribution >= 4 is 33.6 Å². The summed E-state index contributed by atoms with van der Waals surface area (Å²) in [5.74, 6) is 1.30. The monoisotopic (exact) mass is 309 g/mol. The van der Waals surface area contributed by atoms with E-state index >= 15 is 0 Å². The summed E-state index contributed by atoms with van der Waals surface area (Å²) in [5, 5.41) is 4.12. The molecule has 94 valence electrons. The van der Waals surface area contributed by atoms with E-state index in [0.717, 1.165) is 23.9 Å². The molecule has 0 radical (unpaired) electrons. The lowest BCUT2D eigenvalue weighted by Crippen LogP contribution is -2.43. The highest BCUT2D eigenvalue weighted by Crippen LogP contribution is 2.25. The van der Waals surface area contributed by atoms with Crippen LogP contribution in [-0.2, 0) is 9.53 Å². The highest BCUT2D eigenvalue weighted by molar-refractivity contribution is 9.09. The van der Waals surface area contributed by atoms with Crippen LogP contribution in [0.2, 0.25) is 0 Å². The second-order valence-electron chi connectivity index (χ2n) is 3.99. The lowest BCUT2D eigenvalue weighted by atomic mass is 10.1. The van der Waals surface area contributed by atoms with Gasteiger partial charge >= 0.3 is 0 Å². The van der Waals surface area contributed by atoms with E-state index in [0.29, 0.717) is 6.61 Å². The van der Waals surface area contributed by atoms with Gasteiger partial charge in [0.05, 0.1) is 17.9 Å². The normalized spacial score (nSPS) is 22.8. The van der Waals surface area contributed by atoms with Gasteiger partial charge in [0.15, 0.2) is 0 Å². The molecule has 0 bridgehead atoms. The predicted octanol–water partition coefficient (Wildman–Crippen LogP) is 2.19. The molecule has 5 heteroatoms. The summed E-state index contributed by atoms with van der Waals surface area (Å²) >= 11 is 5.18. The van der Waals surface area contributed by atoms with Crippen LogP contribution < -0.4 is 5.32 Å². The third-order valence-electron chi connectivity index (χ3n) is 2.64. The average molecular weight is 310 g/mol. The highest BCUT2D eigenvalue weighted by Gasteiger charge is 2.23. The van der Waals surface area contributed by atoms with Gasteiger partial charge in [-0.05, 0) is 25.0 Å². The minimum atomic E-state index is 0.138. The van der Waals surface area contributed by atoms with Crippen LogP contribution >= 0.6 is 27.7 Å². The molecular weight excluding hydrogens is 290 g/mol. The van der Waals surface area contributed by atoms with Crippen LogP contribution in [0.4, 0.5) is 0 Å². The van der Waals surface area contributed by atoms with Crippen LogP contribution in [0, 0.1) is 0 Å². The van der Waals surface area contributed by atoms with E-state index in [1.165, 1.54) is 12.8 Å². The topological polar surface area (TPSA) is 38.3 Å².